The molecule has 1 rings (SSSR count). The fourth-order valence-electron chi connectivity index (χ4n) is 1.63. The lowest BCUT2D eigenvalue weighted by Crippen LogP contribution is -2.26. The number of carboxylic acids is 1. The lowest BCUT2D eigenvalue weighted by molar-refractivity contribution is -0.120. The number of amides is 1. The third-order valence-electron chi connectivity index (χ3n) is 2.57. The molecule has 7 heteroatoms. The number of hydrogen-bond donors (Lipinski definition) is 4. The van der Waals surface area contributed by atoms with Gasteiger partial charge in [-0.2, -0.15) is 0 Å². The van der Waals surface area contributed by atoms with Gasteiger partial charge in [-0.1, -0.05) is 18.5 Å². The van der Waals surface area contributed by atoms with Gasteiger partial charge in [0.1, 0.15) is 0 Å². The first-order chi connectivity index (χ1) is 9.45. The highest BCUT2D eigenvalue weighted by Gasteiger charge is 2.14. The second kappa shape index (κ2) is 7.59. The van der Waals surface area contributed by atoms with E-state index in [1.54, 1.807) is 0 Å². The van der Waals surface area contributed by atoms with Crippen LogP contribution in [-0.2, 0) is 4.79 Å². The van der Waals surface area contributed by atoms with Crippen LogP contribution >= 0.6 is 11.6 Å². The fourth-order valence-corrected chi connectivity index (χ4v) is 1.92. The minimum atomic E-state index is -1.13. The second-order valence-electron chi connectivity index (χ2n) is 4.26. The van der Waals surface area contributed by atoms with Gasteiger partial charge in [0.05, 0.1) is 16.3 Å². The molecule has 0 spiro atoms. The van der Waals surface area contributed by atoms with Crippen molar-refractivity contribution in [1.82, 2.24) is 5.32 Å². The van der Waals surface area contributed by atoms with Gasteiger partial charge >= 0.3 is 5.97 Å². The lowest BCUT2D eigenvalue weighted by atomic mass is 10.1. The van der Waals surface area contributed by atoms with Crippen molar-refractivity contribution in [3.05, 3.63) is 22.7 Å². The van der Waals surface area contributed by atoms with E-state index >= 15 is 0 Å². The summed E-state index contributed by atoms with van der Waals surface area (Å²) >= 11 is 5.97. The van der Waals surface area contributed by atoms with Gasteiger partial charge < -0.3 is 21.5 Å². The summed E-state index contributed by atoms with van der Waals surface area (Å²) in [5.74, 6) is -1.22. The van der Waals surface area contributed by atoms with Crippen molar-refractivity contribution in [2.24, 2.45) is 0 Å². The van der Waals surface area contributed by atoms with Gasteiger partial charge in [0.15, 0.2) is 0 Å². The van der Waals surface area contributed by atoms with Crippen LogP contribution in [0.4, 0.5) is 11.4 Å². The van der Waals surface area contributed by atoms with Crippen LogP contribution < -0.4 is 16.4 Å². The summed E-state index contributed by atoms with van der Waals surface area (Å²) in [6, 6.07) is 2.79. The third kappa shape index (κ3) is 4.62. The van der Waals surface area contributed by atoms with Gasteiger partial charge in [0.2, 0.25) is 5.91 Å². The minimum Gasteiger partial charge on any atom is -0.478 e. The molecule has 0 bridgehead atoms. The number of hydrogen-bond acceptors (Lipinski definition) is 4. The summed E-state index contributed by atoms with van der Waals surface area (Å²) in [5.41, 5.74) is 6.10. The quantitative estimate of drug-likeness (QED) is 0.576. The van der Waals surface area contributed by atoms with Crippen molar-refractivity contribution in [2.75, 3.05) is 24.1 Å². The maximum absolute atomic E-state index is 11.4. The molecular weight excluding hydrogens is 282 g/mol. The summed E-state index contributed by atoms with van der Waals surface area (Å²) < 4.78 is 0. The van der Waals surface area contributed by atoms with E-state index in [2.05, 4.69) is 10.6 Å². The topological polar surface area (TPSA) is 104 Å². The first-order valence-corrected chi connectivity index (χ1v) is 6.66. The van der Waals surface area contributed by atoms with E-state index in [4.69, 9.17) is 22.4 Å². The number of nitrogen functional groups attached to an aromatic ring is 1. The molecule has 0 aliphatic heterocycles. The molecule has 0 aliphatic rings. The Labute approximate surface area is 122 Å². The molecule has 20 heavy (non-hydrogen) atoms. The number of carboxylic acid groups (broad SMARTS) is 1. The maximum atomic E-state index is 11.4. The van der Waals surface area contributed by atoms with Crippen LogP contribution in [0.3, 0.4) is 0 Å². The Morgan fingerprint density at radius 2 is 2.05 bits per heavy atom. The van der Waals surface area contributed by atoms with Crippen LogP contribution in [-0.4, -0.2) is 30.1 Å². The summed E-state index contributed by atoms with van der Waals surface area (Å²) in [7, 11) is 0. The normalized spacial score (nSPS) is 10.1. The van der Waals surface area contributed by atoms with Gasteiger partial charge in [-0.05, 0) is 18.6 Å². The molecule has 0 atom stereocenters. The Bertz CT molecular complexity index is 506. The van der Waals surface area contributed by atoms with Crippen molar-refractivity contribution in [3.8, 4) is 0 Å². The molecule has 0 saturated carbocycles. The number of nitrogens with one attached hydrogen (secondary N) is 2. The number of halogens is 1. The van der Waals surface area contributed by atoms with Gasteiger partial charge in [0.25, 0.3) is 0 Å². The predicted molar refractivity (Wildman–Crippen MR) is 79.2 cm³/mol. The highest BCUT2D eigenvalue weighted by molar-refractivity contribution is 6.34. The smallest absolute Gasteiger partial charge is 0.337 e. The number of anilines is 2. The number of benzene rings is 1. The molecule has 0 aliphatic carbocycles. The Morgan fingerprint density at radius 1 is 1.35 bits per heavy atom. The van der Waals surface area contributed by atoms with E-state index in [1.807, 2.05) is 6.92 Å². The van der Waals surface area contributed by atoms with Crippen LogP contribution in [0.25, 0.3) is 0 Å². The Balaban J connectivity index is 2.68. The Morgan fingerprint density at radius 3 is 2.65 bits per heavy atom. The molecule has 0 fully saturated rings. The summed E-state index contributed by atoms with van der Waals surface area (Å²) in [5, 5.41) is 14.9. The van der Waals surface area contributed by atoms with E-state index in [-0.39, 0.29) is 34.3 Å². The first kappa shape index (κ1) is 16.1. The average Bonchev–Trinajstić information content (AvgIpc) is 2.38. The van der Waals surface area contributed by atoms with Crippen molar-refractivity contribution in [3.63, 3.8) is 0 Å². The number of carbonyl (C=O) groups is 2. The highest BCUT2D eigenvalue weighted by atomic mass is 35.5. The monoisotopic (exact) mass is 299 g/mol. The van der Waals surface area contributed by atoms with Gasteiger partial charge in [-0.25, -0.2) is 4.79 Å². The summed E-state index contributed by atoms with van der Waals surface area (Å²) in [4.78, 5) is 22.6. The van der Waals surface area contributed by atoms with E-state index in [0.717, 1.165) is 6.42 Å². The molecule has 0 aromatic heterocycles. The zero-order valence-electron chi connectivity index (χ0n) is 11.2. The molecular formula is C13H18ClN3O3. The Kier molecular flexibility index (Phi) is 6.11. The van der Waals surface area contributed by atoms with E-state index < -0.39 is 5.97 Å². The SMILES string of the molecule is CCCNC(=O)CCNc1c(Cl)cc(N)cc1C(=O)O. The molecule has 5 N–H and O–H groups in total. The van der Waals surface area contributed by atoms with E-state index in [9.17, 15) is 9.59 Å². The number of carbonyl (C=O) groups excluding carboxylic acids is 1. The summed E-state index contributed by atoms with van der Waals surface area (Å²) in [6.45, 7) is 2.88. The fraction of sp³-hybridized carbons (Fsp3) is 0.385. The molecule has 0 unspecified atom stereocenters. The zero-order chi connectivity index (χ0) is 15.1. The van der Waals surface area contributed by atoms with E-state index in [1.165, 1.54) is 12.1 Å². The number of aromatic carboxylic acids is 1. The molecule has 1 amide bonds. The molecule has 1 aromatic rings. The summed E-state index contributed by atoms with van der Waals surface area (Å²) in [6.07, 6.45) is 1.10. The molecule has 110 valence electrons. The largest absolute Gasteiger partial charge is 0.478 e. The van der Waals surface area contributed by atoms with Crippen molar-refractivity contribution < 1.29 is 14.7 Å². The molecule has 1 aromatic carbocycles. The Hall–Kier alpha value is -1.95. The molecule has 0 radical (unpaired) electrons. The van der Waals surface area contributed by atoms with Gasteiger partial charge in [0, 0.05) is 25.2 Å². The van der Waals surface area contributed by atoms with Crippen LogP contribution in [0.15, 0.2) is 12.1 Å². The van der Waals surface area contributed by atoms with Crippen LogP contribution in [0.2, 0.25) is 5.02 Å². The molecule has 0 heterocycles. The highest BCUT2D eigenvalue weighted by Crippen LogP contribution is 2.29. The third-order valence-corrected chi connectivity index (χ3v) is 2.87. The average molecular weight is 300 g/mol. The van der Waals surface area contributed by atoms with Crippen LogP contribution in [0.5, 0.6) is 0 Å². The first-order valence-electron chi connectivity index (χ1n) is 6.28. The van der Waals surface area contributed by atoms with Crippen LogP contribution in [0.1, 0.15) is 30.1 Å². The van der Waals surface area contributed by atoms with Crippen molar-refractivity contribution >= 4 is 34.9 Å². The second-order valence-corrected chi connectivity index (χ2v) is 4.66. The number of rotatable bonds is 7. The molecule has 6 nitrogen and oxygen atoms in total. The predicted octanol–water partition coefficient (Wildman–Crippen LogP) is 1.95. The number of nitrogens with two attached hydrogens (primary N) is 1. The van der Waals surface area contributed by atoms with Crippen molar-refractivity contribution in [2.45, 2.75) is 19.8 Å². The standard InChI is InChI=1S/C13H18ClN3O3/c1-2-4-16-11(18)3-5-17-12-9(13(19)20)6-8(15)7-10(12)14/h6-7,17H,2-5,15H2,1H3,(H,16,18)(H,19,20). The molecule has 0 saturated heterocycles. The van der Waals surface area contributed by atoms with Gasteiger partial charge in [-0.3, -0.25) is 4.79 Å². The minimum absolute atomic E-state index is 0.0102. The van der Waals surface area contributed by atoms with Crippen molar-refractivity contribution in [1.29, 1.82) is 0 Å². The van der Waals surface area contributed by atoms with Gasteiger partial charge in [-0.15, -0.1) is 0 Å². The zero-order valence-corrected chi connectivity index (χ0v) is 12.0. The van der Waals surface area contributed by atoms with E-state index in [0.29, 0.717) is 13.1 Å². The van der Waals surface area contributed by atoms with Crippen LogP contribution in [0, 0.1) is 0 Å². The lowest BCUT2D eigenvalue weighted by Gasteiger charge is -2.12. The maximum Gasteiger partial charge on any atom is 0.337 e.